The third kappa shape index (κ3) is 3.58. The average molecular weight is 256 g/mol. The van der Waals surface area contributed by atoms with Gasteiger partial charge in [0.2, 0.25) is 0 Å². The smallest absolute Gasteiger partial charge is 0.338 e. The van der Waals surface area contributed by atoms with Crippen LogP contribution in [-0.4, -0.2) is 13.1 Å². The van der Waals surface area contributed by atoms with E-state index < -0.39 is 0 Å². The summed E-state index contributed by atoms with van der Waals surface area (Å²) < 4.78 is 10.3. The molecule has 0 fully saturated rings. The molecule has 0 aliphatic heterocycles. The van der Waals surface area contributed by atoms with Crippen molar-refractivity contribution in [3.8, 4) is 5.75 Å². The monoisotopic (exact) mass is 256 g/mol. The highest BCUT2D eigenvalue weighted by atomic mass is 16.5. The van der Waals surface area contributed by atoms with E-state index in [0.717, 1.165) is 5.56 Å². The minimum absolute atomic E-state index is 0.274. The Morgan fingerprint density at radius 2 is 1.84 bits per heavy atom. The predicted octanol–water partition coefficient (Wildman–Crippen LogP) is 3.36. The molecule has 0 aromatic heterocycles. The van der Waals surface area contributed by atoms with Crippen LogP contribution in [0.5, 0.6) is 5.75 Å². The van der Waals surface area contributed by atoms with Crippen LogP contribution >= 0.6 is 0 Å². The van der Waals surface area contributed by atoms with E-state index in [9.17, 15) is 4.79 Å². The lowest BCUT2D eigenvalue weighted by atomic mass is 10.2. The molecule has 0 aliphatic rings. The quantitative estimate of drug-likeness (QED) is 0.787. The Balaban J connectivity index is 1.99. The molecule has 2 aromatic carbocycles. The minimum Gasteiger partial charge on any atom is -0.497 e. The maximum absolute atomic E-state index is 11.9. The van der Waals surface area contributed by atoms with Crippen molar-refractivity contribution in [2.75, 3.05) is 7.11 Å². The van der Waals surface area contributed by atoms with Gasteiger partial charge in [-0.05, 0) is 30.7 Å². The normalized spacial score (nSPS) is 10.0. The fraction of sp³-hybridized carbons (Fsp3) is 0.188. The predicted molar refractivity (Wildman–Crippen MR) is 73.3 cm³/mol. The van der Waals surface area contributed by atoms with E-state index in [4.69, 9.17) is 9.47 Å². The first-order valence-corrected chi connectivity index (χ1v) is 6.06. The molecule has 0 amide bonds. The molecule has 2 rings (SSSR count). The second-order valence-electron chi connectivity index (χ2n) is 4.29. The van der Waals surface area contributed by atoms with Gasteiger partial charge in [0.15, 0.2) is 0 Å². The summed E-state index contributed by atoms with van der Waals surface area (Å²) in [6.07, 6.45) is 0. The molecule has 0 atom stereocenters. The molecule has 0 radical (unpaired) electrons. The van der Waals surface area contributed by atoms with Gasteiger partial charge in [0.25, 0.3) is 0 Å². The van der Waals surface area contributed by atoms with Crippen molar-refractivity contribution < 1.29 is 14.3 Å². The second kappa shape index (κ2) is 6.05. The summed E-state index contributed by atoms with van der Waals surface area (Å²) >= 11 is 0. The molecule has 0 saturated heterocycles. The van der Waals surface area contributed by atoms with E-state index in [1.165, 1.54) is 5.56 Å². The minimum atomic E-state index is -0.348. The zero-order chi connectivity index (χ0) is 13.7. The topological polar surface area (TPSA) is 35.5 Å². The molecule has 0 unspecified atom stereocenters. The number of methoxy groups -OCH3 is 1. The molecule has 19 heavy (non-hydrogen) atoms. The van der Waals surface area contributed by atoms with Crippen molar-refractivity contribution in [2.24, 2.45) is 0 Å². The van der Waals surface area contributed by atoms with E-state index in [1.807, 2.05) is 31.2 Å². The van der Waals surface area contributed by atoms with Crippen molar-refractivity contribution in [3.05, 3.63) is 65.2 Å². The molecule has 3 nitrogen and oxygen atoms in total. The van der Waals surface area contributed by atoms with Gasteiger partial charge in [-0.3, -0.25) is 0 Å². The van der Waals surface area contributed by atoms with Crippen LogP contribution in [0.3, 0.4) is 0 Å². The summed E-state index contributed by atoms with van der Waals surface area (Å²) in [6.45, 7) is 2.29. The number of hydrogen-bond acceptors (Lipinski definition) is 3. The fourth-order valence-electron chi connectivity index (χ4n) is 1.67. The van der Waals surface area contributed by atoms with E-state index in [-0.39, 0.29) is 12.6 Å². The molecule has 3 heteroatoms. The van der Waals surface area contributed by atoms with Crippen LogP contribution in [0.4, 0.5) is 0 Å². The Morgan fingerprint density at radius 3 is 2.53 bits per heavy atom. The van der Waals surface area contributed by atoms with Gasteiger partial charge in [0, 0.05) is 0 Å². The molecule has 0 bridgehead atoms. The van der Waals surface area contributed by atoms with Gasteiger partial charge >= 0.3 is 5.97 Å². The summed E-state index contributed by atoms with van der Waals surface area (Å²) in [6, 6.07) is 14.8. The Bertz CT molecular complexity index is 558. The Labute approximate surface area is 112 Å². The lowest BCUT2D eigenvalue weighted by Crippen LogP contribution is -2.05. The van der Waals surface area contributed by atoms with Crippen LogP contribution in [0.2, 0.25) is 0 Å². The molecular formula is C16H16O3. The van der Waals surface area contributed by atoms with Gasteiger partial charge < -0.3 is 9.47 Å². The van der Waals surface area contributed by atoms with Crippen LogP contribution < -0.4 is 4.74 Å². The van der Waals surface area contributed by atoms with E-state index in [1.54, 1.807) is 31.4 Å². The third-order valence-electron chi connectivity index (χ3n) is 2.80. The molecule has 2 aromatic rings. The summed E-state index contributed by atoms with van der Waals surface area (Å²) in [5.41, 5.74) is 2.65. The van der Waals surface area contributed by atoms with Gasteiger partial charge in [0.05, 0.1) is 12.7 Å². The number of esters is 1. The fourth-order valence-corrected chi connectivity index (χ4v) is 1.67. The molecular weight excluding hydrogens is 240 g/mol. The average Bonchev–Trinajstić information content (AvgIpc) is 2.46. The molecule has 0 N–H and O–H groups in total. The van der Waals surface area contributed by atoms with E-state index in [2.05, 4.69) is 0 Å². The number of benzene rings is 2. The number of ether oxygens (including phenoxy) is 2. The summed E-state index contributed by atoms with van der Waals surface area (Å²) in [4.78, 5) is 11.9. The zero-order valence-electron chi connectivity index (χ0n) is 11.1. The zero-order valence-corrected chi connectivity index (χ0v) is 11.1. The van der Waals surface area contributed by atoms with Crippen molar-refractivity contribution in [1.82, 2.24) is 0 Å². The lowest BCUT2D eigenvalue weighted by molar-refractivity contribution is 0.0472. The second-order valence-corrected chi connectivity index (χ2v) is 4.29. The number of hydrogen-bond donors (Lipinski definition) is 0. The number of carbonyl (C=O) groups excluding carboxylic acids is 1. The number of aryl methyl sites for hydroxylation is 1. The largest absolute Gasteiger partial charge is 0.497 e. The first kappa shape index (κ1) is 13.1. The van der Waals surface area contributed by atoms with Crippen LogP contribution in [0.15, 0.2) is 48.5 Å². The highest BCUT2D eigenvalue weighted by Crippen LogP contribution is 2.14. The first-order chi connectivity index (χ1) is 9.19. The van der Waals surface area contributed by atoms with E-state index >= 15 is 0 Å². The molecule has 98 valence electrons. The molecule has 0 spiro atoms. The first-order valence-electron chi connectivity index (χ1n) is 6.06. The van der Waals surface area contributed by atoms with Crippen molar-refractivity contribution in [2.45, 2.75) is 13.5 Å². The van der Waals surface area contributed by atoms with Crippen LogP contribution in [0, 0.1) is 6.92 Å². The summed E-state index contributed by atoms with van der Waals surface area (Å²) in [5.74, 6) is 0.296. The highest BCUT2D eigenvalue weighted by Gasteiger charge is 2.08. The van der Waals surface area contributed by atoms with Crippen molar-refractivity contribution >= 4 is 5.97 Å². The van der Waals surface area contributed by atoms with Crippen LogP contribution in [0.25, 0.3) is 0 Å². The maximum Gasteiger partial charge on any atom is 0.338 e. The maximum atomic E-state index is 11.9. The van der Waals surface area contributed by atoms with E-state index in [0.29, 0.717) is 11.3 Å². The standard InChI is InChI=1S/C16H16O3/c1-12-6-8-13(9-7-12)11-19-16(17)14-4-3-5-15(10-14)18-2/h3-10H,11H2,1-2H3. The Hall–Kier alpha value is -2.29. The third-order valence-corrected chi connectivity index (χ3v) is 2.80. The van der Waals surface area contributed by atoms with Gasteiger partial charge in [-0.1, -0.05) is 35.9 Å². The van der Waals surface area contributed by atoms with Gasteiger partial charge in [-0.2, -0.15) is 0 Å². The SMILES string of the molecule is COc1cccc(C(=O)OCc2ccc(C)cc2)c1. The van der Waals surface area contributed by atoms with Crippen molar-refractivity contribution in [3.63, 3.8) is 0 Å². The highest BCUT2D eigenvalue weighted by molar-refractivity contribution is 5.89. The van der Waals surface area contributed by atoms with Crippen LogP contribution in [-0.2, 0) is 11.3 Å². The van der Waals surface area contributed by atoms with Crippen LogP contribution in [0.1, 0.15) is 21.5 Å². The summed E-state index contributed by atoms with van der Waals surface area (Å²) in [7, 11) is 1.57. The van der Waals surface area contributed by atoms with Gasteiger partial charge in [0.1, 0.15) is 12.4 Å². The molecule has 0 aliphatic carbocycles. The molecule has 0 saturated carbocycles. The number of carbonyl (C=O) groups is 1. The summed E-state index contributed by atoms with van der Waals surface area (Å²) in [5, 5.41) is 0. The lowest BCUT2D eigenvalue weighted by Gasteiger charge is -2.06. The Morgan fingerprint density at radius 1 is 1.11 bits per heavy atom. The van der Waals surface area contributed by atoms with Crippen molar-refractivity contribution in [1.29, 1.82) is 0 Å². The Kier molecular flexibility index (Phi) is 4.18. The number of rotatable bonds is 4. The van der Waals surface area contributed by atoms with Gasteiger partial charge in [-0.15, -0.1) is 0 Å². The van der Waals surface area contributed by atoms with Gasteiger partial charge in [-0.25, -0.2) is 4.79 Å². The molecule has 0 heterocycles.